The Bertz CT molecular complexity index is 563. The van der Waals surface area contributed by atoms with Crippen LogP contribution in [-0.4, -0.2) is 4.98 Å². The molecule has 0 fully saturated rings. The van der Waals surface area contributed by atoms with E-state index in [1.807, 2.05) is 0 Å². The van der Waals surface area contributed by atoms with Gasteiger partial charge in [-0.05, 0) is 29.8 Å². The lowest BCUT2D eigenvalue weighted by atomic mass is 10.0. The van der Waals surface area contributed by atoms with Crippen LogP contribution in [0, 0.1) is 11.6 Å². The zero-order valence-corrected chi connectivity index (χ0v) is 10.8. The molecule has 94 valence electrons. The number of hydrogen-bond donors (Lipinski definition) is 2. The van der Waals surface area contributed by atoms with Crippen LogP contribution in [0.1, 0.15) is 17.2 Å². The number of nitrogens with one attached hydrogen (secondary N) is 1. The number of aromatic nitrogens is 1. The van der Waals surface area contributed by atoms with Crippen molar-refractivity contribution >= 4 is 15.9 Å². The first-order chi connectivity index (χ1) is 8.61. The van der Waals surface area contributed by atoms with Crippen LogP contribution in [0.2, 0.25) is 0 Å². The van der Waals surface area contributed by atoms with Crippen LogP contribution >= 0.6 is 15.9 Å². The minimum absolute atomic E-state index is 0.319. The fourth-order valence-corrected chi connectivity index (χ4v) is 2.07. The molecule has 3 nitrogen and oxygen atoms in total. The molecule has 0 spiro atoms. The largest absolute Gasteiger partial charge is 0.271 e. The SMILES string of the molecule is NNC(c1cncc(F)c1)c1cc(Br)ccc1F. The van der Waals surface area contributed by atoms with Crippen molar-refractivity contribution in [3.8, 4) is 0 Å². The van der Waals surface area contributed by atoms with E-state index >= 15 is 0 Å². The molecule has 0 saturated carbocycles. The second-order valence-corrected chi connectivity index (χ2v) is 4.62. The third-order valence-corrected chi connectivity index (χ3v) is 2.99. The summed E-state index contributed by atoms with van der Waals surface area (Å²) in [5.74, 6) is 4.50. The highest BCUT2D eigenvalue weighted by atomic mass is 79.9. The first-order valence-electron chi connectivity index (χ1n) is 5.13. The van der Waals surface area contributed by atoms with Crippen LogP contribution in [0.3, 0.4) is 0 Å². The fourth-order valence-electron chi connectivity index (χ4n) is 1.69. The summed E-state index contributed by atoms with van der Waals surface area (Å²) in [5.41, 5.74) is 3.23. The molecule has 1 aromatic carbocycles. The average molecular weight is 314 g/mol. The van der Waals surface area contributed by atoms with Crippen LogP contribution in [0.5, 0.6) is 0 Å². The van der Waals surface area contributed by atoms with Gasteiger partial charge in [0.2, 0.25) is 0 Å². The average Bonchev–Trinajstić information content (AvgIpc) is 2.35. The maximum Gasteiger partial charge on any atom is 0.141 e. The number of benzene rings is 1. The van der Waals surface area contributed by atoms with Crippen LogP contribution in [0.15, 0.2) is 41.1 Å². The van der Waals surface area contributed by atoms with E-state index in [2.05, 4.69) is 26.3 Å². The molecular formula is C12H10BrF2N3. The summed E-state index contributed by atoms with van der Waals surface area (Å²) in [6.07, 6.45) is 2.52. The highest BCUT2D eigenvalue weighted by Crippen LogP contribution is 2.26. The Kier molecular flexibility index (Phi) is 4.00. The van der Waals surface area contributed by atoms with Gasteiger partial charge >= 0.3 is 0 Å². The molecule has 0 aliphatic heterocycles. The van der Waals surface area contributed by atoms with Gasteiger partial charge in [0.15, 0.2) is 0 Å². The van der Waals surface area contributed by atoms with Gasteiger partial charge in [0.1, 0.15) is 11.6 Å². The second-order valence-electron chi connectivity index (χ2n) is 3.70. The van der Waals surface area contributed by atoms with E-state index in [0.717, 1.165) is 6.20 Å². The molecule has 0 amide bonds. The lowest BCUT2D eigenvalue weighted by Gasteiger charge is -2.17. The molecule has 0 bridgehead atoms. The summed E-state index contributed by atoms with van der Waals surface area (Å²) in [4.78, 5) is 3.73. The summed E-state index contributed by atoms with van der Waals surface area (Å²) in [7, 11) is 0. The maximum absolute atomic E-state index is 13.8. The molecule has 18 heavy (non-hydrogen) atoms. The normalized spacial score (nSPS) is 12.4. The van der Waals surface area contributed by atoms with Crippen molar-refractivity contribution in [3.63, 3.8) is 0 Å². The zero-order valence-electron chi connectivity index (χ0n) is 9.20. The highest BCUT2D eigenvalue weighted by molar-refractivity contribution is 9.10. The molecule has 0 aliphatic carbocycles. The minimum atomic E-state index is -0.661. The van der Waals surface area contributed by atoms with Crippen molar-refractivity contribution < 1.29 is 8.78 Å². The van der Waals surface area contributed by atoms with E-state index in [9.17, 15) is 8.78 Å². The first kappa shape index (κ1) is 13.1. The molecule has 0 radical (unpaired) electrons. The molecule has 1 atom stereocenters. The lowest BCUT2D eigenvalue weighted by Crippen LogP contribution is -2.29. The van der Waals surface area contributed by atoms with Gasteiger partial charge in [-0.1, -0.05) is 15.9 Å². The van der Waals surface area contributed by atoms with Crippen molar-refractivity contribution in [2.45, 2.75) is 6.04 Å². The molecule has 0 saturated heterocycles. The third kappa shape index (κ3) is 2.72. The Labute approximate surface area is 111 Å². The Morgan fingerprint density at radius 2 is 2.00 bits per heavy atom. The van der Waals surface area contributed by atoms with E-state index < -0.39 is 17.7 Å². The van der Waals surface area contributed by atoms with Crippen molar-refractivity contribution in [1.82, 2.24) is 10.4 Å². The molecule has 1 aromatic heterocycles. The van der Waals surface area contributed by atoms with E-state index in [4.69, 9.17) is 5.84 Å². The Hall–Kier alpha value is -1.37. The fraction of sp³-hybridized carbons (Fsp3) is 0.0833. The Balaban J connectivity index is 2.48. The summed E-state index contributed by atoms with van der Waals surface area (Å²) >= 11 is 3.26. The molecular weight excluding hydrogens is 304 g/mol. The third-order valence-electron chi connectivity index (χ3n) is 2.50. The van der Waals surface area contributed by atoms with Crippen LogP contribution < -0.4 is 11.3 Å². The van der Waals surface area contributed by atoms with Gasteiger partial charge in [0.25, 0.3) is 0 Å². The number of halogens is 3. The zero-order chi connectivity index (χ0) is 13.1. The summed E-state index contributed by atoms with van der Waals surface area (Å²) < 4.78 is 27.6. The number of pyridine rings is 1. The van der Waals surface area contributed by atoms with Gasteiger partial charge in [-0.15, -0.1) is 0 Å². The molecule has 2 aromatic rings. The summed E-state index contributed by atoms with van der Waals surface area (Å²) in [5, 5.41) is 0. The molecule has 1 unspecified atom stereocenters. The number of nitrogens with zero attached hydrogens (tertiary/aromatic N) is 1. The van der Waals surface area contributed by atoms with E-state index in [-0.39, 0.29) is 0 Å². The van der Waals surface area contributed by atoms with Crippen molar-refractivity contribution in [2.75, 3.05) is 0 Å². The highest BCUT2D eigenvalue weighted by Gasteiger charge is 2.17. The second kappa shape index (κ2) is 5.51. The topological polar surface area (TPSA) is 50.9 Å². The van der Waals surface area contributed by atoms with Crippen molar-refractivity contribution in [2.24, 2.45) is 5.84 Å². The van der Waals surface area contributed by atoms with E-state index in [1.54, 1.807) is 12.1 Å². The number of hydrogen-bond acceptors (Lipinski definition) is 3. The quantitative estimate of drug-likeness (QED) is 0.676. The van der Waals surface area contributed by atoms with E-state index in [0.29, 0.717) is 15.6 Å². The van der Waals surface area contributed by atoms with Gasteiger partial charge in [0, 0.05) is 16.2 Å². The van der Waals surface area contributed by atoms with Crippen molar-refractivity contribution in [3.05, 3.63) is 63.9 Å². The lowest BCUT2D eigenvalue weighted by molar-refractivity contribution is 0.553. The molecule has 0 aliphatic rings. The number of rotatable bonds is 3. The van der Waals surface area contributed by atoms with E-state index in [1.165, 1.54) is 18.3 Å². The molecule has 2 rings (SSSR count). The molecule has 6 heteroatoms. The molecule has 1 heterocycles. The van der Waals surface area contributed by atoms with Gasteiger partial charge < -0.3 is 0 Å². The standard InChI is InChI=1S/C12H10BrF2N3/c13-8-1-2-11(15)10(4-8)12(18-16)7-3-9(14)6-17-5-7/h1-6,12,18H,16H2. The Morgan fingerprint density at radius 3 is 2.67 bits per heavy atom. The number of nitrogens with two attached hydrogens (primary N) is 1. The minimum Gasteiger partial charge on any atom is -0.271 e. The summed E-state index contributed by atoms with van der Waals surface area (Å²) in [6.45, 7) is 0. The predicted octanol–water partition coefficient (Wildman–Crippen LogP) is 2.68. The number of hydrazine groups is 1. The maximum atomic E-state index is 13.8. The molecule has 3 N–H and O–H groups in total. The van der Waals surface area contributed by atoms with Crippen LogP contribution in [-0.2, 0) is 0 Å². The van der Waals surface area contributed by atoms with Crippen molar-refractivity contribution in [1.29, 1.82) is 0 Å². The van der Waals surface area contributed by atoms with Gasteiger partial charge in [0.05, 0.1) is 12.2 Å². The van der Waals surface area contributed by atoms with Gasteiger partial charge in [-0.25, -0.2) is 14.2 Å². The smallest absolute Gasteiger partial charge is 0.141 e. The summed E-state index contributed by atoms with van der Waals surface area (Å²) in [6, 6.07) is 5.08. The van der Waals surface area contributed by atoms with Crippen LogP contribution in [0.4, 0.5) is 8.78 Å². The first-order valence-corrected chi connectivity index (χ1v) is 5.92. The van der Waals surface area contributed by atoms with Gasteiger partial charge in [-0.2, -0.15) is 0 Å². The van der Waals surface area contributed by atoms with Gasteiger partial charge in [-0.3, -0.25) is 10.8 Å². The monoisotopic (exact) mass is 313 g/mol. The Morgan fingerprint density at radius 1 is 1.22 bits per heavy atom. The van der Waals surface area contributed by atoms with Crippen LogP contribution in [0.25, 0.3) is 0 Å². The predicted molar refractivity (Wildman–Crippen MR) is 67.5 cm³/mol.